The second kappa shape index (κ2) is 19.4. The topological polar surface area (TPSA) is 36.4 Å². The summed E-state index contributed by atoms with van der Waals surface area (Å²) in [5, 5.41) is 0. The first-order chi connectivity index (χ1) is 18.7. The molecule has 2 aromatic rings. The van der Waals surface area contributed by atoms with Gasteiger partial charge in [0.25, 0.3) is 0 Å². The molecule has 0 aliphatic rings. The summed E-state index contributed by atoms with van der Waals surface area (Å²) in [6, 6.07) is 18.5. The molecule has 2 heteroatoms. The SMILES string of the molecule is CCCCCCCCc1ccc(C(=C(CCCC)C(=C=[N+]=[N-])CCCC)c2ccc(CCCC)cc2)cc1. The Labute approximate surface area is 233 Å². The number of hydrogen-bond acceptors (Lipinski definition) is 0. The largest absolute Gasteiger partial charge is 0.348 e. The Morgan fingerprint density at radius 3 is 1.58 bits per heavy atom. The first-order valence-corrected chi connectivity index (χ1v) is 15.6. The molecule has 0 atom stereocenters. The predicted molar refractivity (Wildman–Crippen MR) is 166 cm³/mol. The Hall–Kier alpha value is -2.66. The molecule has 0 aliphatic carbocycles. The zero-order valence-electron chi connectivity index (χ0n) is 24.8. The minimum atomic E-state index is 0.883. The van der Waals surface area contributed by atoms with Crippen molar-refractivity contribution in [3.05, 3.63) is 87.5 Å². The molecule has 0 fully saturated rings. The van der Waals surface area contributed by atoms with Crippen molar-refractivity contribution in [3.8, 4) is 0 Å². The number of aryl methyl sites for hydroxylation is 2. The van der Waals surface area contributed by atoms with E-state index < -0.39 is 0 Å². The highest BCUT2D eigenvalue weighted by molar-refractivity contribution is 5.87. The second-order valence-corrected chi connectivity index (χ2v) is 10.8. The highest BCUT2D eigenvalue weighted by Gasteiger charge is 2.18. The van der Waals surface area contributed by atoms with Gasteiger partial charge in [0, 0.05) is 0 Å². The van der Waals surface area contributed by atoms with Gasteiger partial charge in [0.2, 0.25) is 0 Å². The zero-order valence-corrected chi connectivity index (χ0v) is 24.8. The van der Waals surface area contributed by atoms with E-state index in [1.807, 2.05) is 0 Å². The first-order valence-electron chi connectivity index (χ1n) is 15.6. The van der Waals surface area contributed by atoms with Crippen LogP contribution in [0.4, 0.5) is 0 Å². The first kappa shape index (κ1) is 31.6. The van der Waals surface area contributed by atoms with Gasteiger partial charge >= 0.3 is 5.87 Å². The van der Waals surface area contributed by atoms with Crippen LogP contribution < -0.4 is 0 Å². The Balaban J connectivity index is 2.48. The number of benzene rings is 2. The van der Waals surface area contributed by atoms with Gasteiger partial charge in [-0.2, -0.15) is 0 Å². The third-order valence-corrected chi connectivity index (χ3v) is 7.53. The van der Waals surface area contributed by atoms with E-state index >= 15 is 0 Å². The van der Waals surface area contributed by atoms with Crippen LogP contribution in [-0.2, 0) is 12.8 Å². The lowest BCUT2D eigenvalue weighted by Crippen LogP contribution is -2.01. The Bertz CT molecular complexity index is 1030. The molecule has 2 rings (SSSR count). The summed E-state index contributed by atoms with van der Waals surface area (Å²) < 4.78 is 0. The molecule has 0 saturated carbocycles. The highest BCUT2D eigenvalue weighted by Crippen LogP contribution is 2.35. The van der Waals surface area contributed by atoms with E-state index in [1.54, 1.807) is 0 Å². The van der Waals surface area contributed by atoms with Crippen LogP contribution >= 0.6 is 0 Å². The van der Waals surface area contributed by atoms with Gasteiger partial charge in [-0.05, 0) is 84.8 Å². The maximum atomic E-state index is 9.51. The number of nitrogens with zero attached hydrogens (tertiary/aromatic N) is 2. The molecule has 2 aromatic carbocycles. The molecule has 38 heavy (non-hydrogen) atoms. The molecular formula is C36H52N2. The Morgan fingerprint density at radius 2 is 1.05 bits per heavy atom. The molecule has 2 nitrogen and oxygen atoms in total. The normalized spacial score (nSPS) is 11.6. The molecule has 0 saturated heterocycles. The summed E-state index contributed by atoms with van der Waals surface area (Å²) in [5.41, 5.74) is 18.4. The third kappa shape index (κ3) is 11.0. The lowest BCUT2D eigenvalue weighted by atomic mass is 9.85. The van der Waals surface area contributed by atoms with E-state index in [1.165, 1.54) is 84.8 Å². The summed E-state index contributed by atoms with van der Waals surface area (Å²) in [6.45, 7) is 8.98. The van der Waals surface area contributed by atoms with Crippen LogP contribution in [0.1, 0.15) is 140 Å². The molecule has 0 bridgehead atoms. The minimum Gasteiger partial charge on any atom is -0.348 e. The molecular weight excluding hydrogens is 460 g/mol. The van der Waals surface area contributed by atoms with Crippen molar-refractivity contribution in [2.24, 2.45) is 0 Å². The molecule has 0 aliphatic heterocycles. The number of rotatable bonds is 19. The highest BCUT2D eigenvalue weighted by atomic mass is 14.8. The van der Waals surface area contributed by atoms with E-state index in [9.17, 15) is 5.53 Å². The zero-order chi connectivity index (χ0) is 27.4. The lowest BCUT2D eigenvalue weighted by molar-refractivity contribution is 0.00739. The summed E-state index contributed by atoms with van der Waals surface area (Å²) in [7, 11) is 0. The van der Waals surface area contributed by atoms with Gasteiger partial charge in [0.15, 0.2) is 0 Å². The van der Waals surface area contributed by atoms with E-state index in [2.05, 4.69) is 86.9 Å². The van der Waals surface area contributed by atoms with Crippen molar-refractivity contribution in [2.45, 2.75) is 130 Å². The molecule has 206 valence electrons. The monoisotopic (exact) mass is 512 g/mol. The summed E-state index contributed by atoms with van der Waals surface area (Å²) in [4.78, 5) is 3.39. The van der Waals surface area contributed by atoms with Crippen molar-refractivity contribution >= 4 is 11.4 Å². The van der Waals surface area contributed by atoms with Crippen molar-refractivity contribution in [2.75, 3.05) is 0 Å². The van der Waals surface area contributed by atoms with Gasteiger partial charge in [0.1, 0.15) is 0 Å². The number of unbranched alkanes of at least 4 members (excludes halogenated alkanes) is 8. The Kier molecular flexibility index (Phi) is 16.1. The summed E-state index contributed by atoms with van der Waals surface area (Å²) in [5.74, 6) is 2.99. The van der Waals surface area contributed by atoms with Crippen molar-refractivity contribution in [1.29, 1.82) is 0 Å². The van der Waals surface area contributed by atoms with E-state index in [4.69, 9.17) is 0 Å². The molecule has 0 amide bonds. The van der Waals surface area contributed by atoms with Crippen LogP contribution in [0.25, 0.3) is 11.1 Å². The lowest BCUT2D eigenvalue weighted by Gasteiger charge is -2.18. The fraction of sp³-hybridized carbons (Fsp3) is 0.556. The van der Waals surface area contributed by atoms with Gasteiger partial charge in [-0.25, -0.2) is 0 Å². The third-order valence-electron chi connectivity index (χ3n) is 7.53. The Morgan fingerprint density at radius 1 is 0.579 bits per heavy atom. The number of allylic oxidation sites excluding steroid dienone is 2. The molecule has 0 aromatic heterocycles. The van der Waals surface area contributed by atoms with Crippen LogP contribution in [0.2, 0.25) is 0 Å². The van der Waals surface area contributed by atoms with Gasteiger partial charge in [-0.15, -0.1) is 4.79 Å². The summed E-state index contributed by atoms with van der Waals surface area (Å²) in [6.07, 6.45) is 18.9. The fourth-order valence-electron chi connectivity index (χ4n) is 5.15. The van der Waals surface area contributed by atoms with E-state index in [0.29, 0.717) is 0 Å². The van der Waals surface area contributed by atoms with Crippen molar-refractivity contribution in [1.82, 2.24) is 0 Å². The average Bonchev–Trinajstić information content (AvgIpc) is 2.95. The summed E-state index contributed by atoms with van der Waals surface area (Å²) >= 11 is 0. The van der Waals surface area contributed by atoms with Crippen molar-refractivity contribution in [3.63, 3.8) is 0 Å². The number of hydrogen-bond donors (Lipinski definition) is 0. The van der Waals surface area contributed by atoms with Crippen LogP contribution in [-0.4, -0.2) is 10.7 Å². The quantitative estimate of drug-likeness (QED) is 0.0590. The second-order valence-electron chi connectivity index (χ2n) is 10.8. The van der Waals surface area contributed by atoms with Crippen LogP contribution in [0, 0.1) is 0 Å². The molecule has 0 radical (unpaired) electrons. The van der Waals surface area contributed by atoms with Gasteiger partial charge < -0.3 is 5.53 Å². The average molecular weight is 513 g/mol. The minimum absolute atomic E-state index is 0.883. The smallest absolute Gasteiger partial charge is 0.303 e. The van der Waals surface area contributed by atoms with Crippen molar-refractivity contribution < 1.29 is 4.79 Å². The predicted octanol–water partition coefficient (Wildman–Crippen LogP) is 10.9. The van der Waals surface area contributed by atoms with Crippen LogP contribution in [0.5, 0.6) is 0 Å². The molecule has 0 N–H and O–H groups in total. The maximum Gasteiger partial charge on any atom is 0.303 e. The molecule has 0 heterocycles. The van der Waals surface area contributed by atoms with E-state index in [-0.39, 0.29) is 0 Å². The van der Waals surface area contributed by atoms with Gasteiger partial charge in [-0.1, -0.05) is 128 Å². The molecule has 0 unspecified atom stereocenters. The van der Waals surface area contributed by atoms with Crippen LogP contribution in [0.15, 0.2) is 59.7 Å². The van der Waals surface area contributed by atoms with Gasteiger partial charge in [-0.3, -0.25) is 0 Å². The standard InChI is InChI=1S/C36H52N2/c1-5-9-13-14-15-16-18-31-23-27-33(28-24-31)36(32-25-21-30(22-26-32)17-10-6-2)35(20-12-8-4)34(29-38-37)19-11-7-3/h21-28H,5-20H2,1-4H3. The van der Waals surface area contributed by atoms with E-state index in [0.717, 1.165) is 56.9 Å². The fourth-order valence-corrected chi connectivity index (χ4v) is 5.15. The molecule has 0 spiro atoms. The van der Waals surface area contributed by atoms with Crippen LogP contribution in [0.3, 0.4) is 0 Å². The van der Waals surface area contributed by atoms with Gasteiger partial charge in [0.05, 0.1) is 5.57 Å². The maximum absolute atomic E-state index is 9.51.